The van der Waals surface area contributed by atoms with Gasteiger partial charge in [-0.15, -0.1) is 6.42 Å². The van der Waals surface area contributed by atoms with Gasteiger partial charge in [-0.05, 0) is 56.3 Å². The van der Waals surface area contributed by atoms with E-state index < -0.39 is 5.60 Å². The number of methoxy groups -OCH3 is 1. The fourth-order valence-electron chi connectivity index (χ4n) is 5.97. The van der Waals surface area contributed by atoms with Crippen molar-refractivity contribution in [2.24, 2.45) is 5.92 Å². The van der Waals surface area contributed by atoms with Gasteiger partial charge in [0.15, 0.2) is 0 Å². The first kappa shape index (κ1) is 21.5. The molecule has 1 N–H and O–H groups in total. The summed E-state index contributed by atoms with van der Waals surface area (Å²) in [6.45, 7) is 3.80. The van der Waals surface area contributed by atoms with E-state index in [4.69, 9.17) is 16.1 Å². The molecule has 2 atom stereocenters. The van der Waals surface area contributed by atoms with Crippen molar-refractivity contribution in [1.82, 2.24) is 9.88 Å². The number of rotatable bonds is 5. The standard InChI is InChI=1S/C27H33N3O2/c1-3-25-27(31,21-11-15-29(25)16-12-21)23-9-10-26(30-17-13-22(32-2)14-18-30)28-24(23)19-20-7-5-4-6-8-20/h1,4-10,21-22,25,31H,11-19H2,2H3. The van der Waals surface area contributed by atoms with Crippen molar-refractivity contribution < 1.29 is 9.84 Å². The molecule has 0 aliphatic carbocycles. The molecule has 4 saturated heterocycles. The van der Waals surface area contributed by atoms with Crippen molar-refractivity contribution in [3.63, 3.8) is 0 Å². The second-order valence-corrected chi connectivity index (χ2v) is 9.45. The van der Waals surface area contributed by atoms with Crippen LogP contribution in [0.25, 0.3) is 0 Å². The number of aromatic nitrogens is 1. The Hall–Kier alpha value is -2.39. The smallest absolute Gasteiger partial charge is 0.128 e. The summed E-state index contributed by atoms with van der Waals surface area (Å²) in [5.74, 6) is 4.09. The second kappa shape index (κ2) is 8.86. The number of fused-ring (bicyclic) bond motifs is 3. The second-order valence-electron chi connectivity index (χ2n) is 9.45. The molecule has 6 rings (SSSR count). The van der Waals surface area contributed by atoms with E-state index in [1.807, 2.05) is 6.07 Å². The Balaban J connectivity index is 1.54. The van der Waals surface area contributed by atoms with Crippen LogP contribution in [0.5, 0.6) is 0 Å². The summed E-state index contributed by atoms with van der Waals surface area (Å²) in [5.41, 5.74) is 2.00. The molecule has 5 heteroatoms. The van der Waals surface area contributed by atoms with Gasteiger partial charge in [0.25, 0.3) is 0 Å². The number of nitrogens with zero attached hydrogens (tertiary/aromatic N) is 3. The van der Waals surface area contributed by atoms with Gasteiger partial charge >= 0.3 is 0 Å². The Bertz CT molecular complexity index is 972. The lowest BCUT2D eigenvalue weighted by molar-refractivity contribution is -0.143. The van der Waals surface area contributed by atoms with Gasteiger partial charge in [-0.3, -0.25) is 4.90 Å². The van der Waals surface area contributed by atoms with Gasteiger partial charge in [-0.1, -0.05) is 42.3 Å². The van der Waals surface area contributed by atoms with Gasteiger partial charge in [0.05, 0.1) is 11.8 Å². The highest BCUT2D eigenvalue weighted by molar-refractivity contribution is 5.47. The minimum Gasteiger partial charge on any atom is -0.382 e. The number of pyridine rings is 1. The molecule has 0 spiro atoms. The molecule has 0 amide bonds. The van der Waals surface area contributed by atoms with Crippen molar-refractivity contribution >= 4 is 5.82 Å². The van der Waals surface area contributed by atoms with Gasteiger partial charge in [-0.25, -0.2) is 4.98 Å². The van der Waals surface area contributed by atoms with E-state index in [1.54, 1.807) is 7.11 Å². The molecule has 2 unspecified atom stereocenters. The van der Waals surface area contributed by atoms with E-state index in [0.717, 1.165) is 68.9 Å². The maximum atomic E-state index is 12.2. The van der Waals surface area contributed by atoms with E-state index >= 15 is 0 Å². The lowest BCUT2D eigenvalue weighted by atomic mass is 9.66. The summed E-state index contributed by atoms with van der Waals surface area (Å²) in [6.07, 6.45) is 11.0. The molecule has 5 nitrogen and oxygen atoms in total. The van der Waals surface area contributed by atoms with E-state index in [-0.39, 0.29) is 12.0 Å². The third kappa shape index (κ3) is 3.71. The van der Waals surface area contributed by atoms with Crippen molar-refractivity contribution in [1.29, 1.82) is 0 Å². The van der Waals surface area contributed by atoms with E-state index in [1.165, 1.54) is 5.56 Å². The molecule has 32 heavy (non-hydrogen) atoms. The molecule has 0 saturated carbocycles. The lowest BCUT2D eigenvalue weighted by Gasteiger charge is -2.54. The quantitative estimate of drug-likeness (QED) is 0.737. The zero-order valence-electron chi connectivity index (χ0n) is 18.9. The molecule has 1 aromatic heterocycles. The third-order valence-electron chi connectivity index (χ3n) is 7.80. The predicted octanol–water partition coefficient (Wildman–Crippen LogP) is 3.20. The molecule has 168 valence electrons. The van der Waals surface area contributed by atoms with Crippen LogP contribution < -0.4 is 4.90 Å². The van der Waals surface area contributed by atoms with Crippen molar-refractivity contribution in [2.75, 3.05) is 38.2 Å². The third-order valence-corrected chi connectivity index (χ3v) is 7.80. The number of anilines is 1. The van der Waals surface area contributed by atoms with Crippen LogP contribution in [-0.2, 0) is 16.8 Å². The van der Waals surface area contributed by atoms with Crippen LogP contribution in [0.3, 0.4) is 0 Å². The minimum absolute atomic E-state index is 0.174. The van der Waals surface area contributed by atoms with Crippen LogP contribution in [0.1, 0.15) is 42.5 Å². The van der Waals surface area contributed by atoms with Crippen molar-refractivity contribution in [3.05, 3.63) is 59.3 Å². The van der Waals surface area contributed by atoms with Crippen LogP contribution in [0, 0.1) is 18.3 Å². The molecule has 1 aromatic carbocycles. The Labute approximate surface area is 191 Å². The highest BCUT2D eigenvalue weighted by Crippen LogP contribution is 2.48. The number of aliphatic hydroxyl groups is 1. The van der Waals surface area contributed by atoms with E-state index in [9.17, 15) is 5.11 Å². The normalized spacial score (nSPS) is 30.3. The largest absolute Gasteiger partial charge is 0.382 e. The monoisotopic (exact) mass is 431 g/mol. The zero-order valence-corrected chi connectivity index (χ0v) is 18.9. The SMILES string of the molecule is C#CC1N2CCC(CC2)C1(O)c1ccc(N2CCC(OC)CC2)nc1Cc1ccccc1. The first-order valence-electron chi connectivity index (χ1n) is 11.9. The Kier molecular flexibility index (Phi) is 5.94. The number of ether oxygens (including phenoxy) is 1. The molecule has 2 bridgehead atoms. The average Bonchev–Trinajstić information content (AvgIpc) is 2.85. The number of hydrogen-bond donors (Lipinski definition) is 1. The molecular formula is C27H33N3O2. The molecule has 4 aliphatic heterocycles. The molecule has 0 radical (unpaired) electrons. The molecule has 4 aliphatic rings. The highest BCUT2D eigenvalue weighted by Gasteiger charge is 2.54. The Morgan fingerprint density at radius 2 is 1.78 bits per heavy atom. The summed E-state index contributed by atoms with van der Waals surface area (Å²) < 4.78 is 5.54. The molecule has 4 fully saturated rings. The molecule has 5 heterocycles. The van der Waals surface area contributed by atoms with Gasteiger partial charge in [-0.2, -0.15) is 0 Å². The van der Waals surface area contributed by atoms with Crippen LogP contribution in [0.2, 0.25) is 0 Å². The highest BCUT2D eigenvalue weighted by atomic mass is 16.5. The minimum atomic E-state index is -1.05. The number of hydrogen-bond acceptors (Lipinski definition) is 5. The number of benzene rings is 1. The van der Waals surface area contributed by atoms with Crippen LogP contribution in [0.15, 0.2) is 42.5 Å². The first-order chi connectivity index (χ1) is 15.6. The van der Waals surface area contributed by atoms with Gasteiger partial charge in [0.1, 0.15) is 17.5 Å². The number of terminal acetylenes is 1. The van der Waals surface area contributed by atoms with Gasteiger partial charge in [0.2, 0.25) is 0 Å². The van der Waals surface area contributed by atoms with Crippen LogP contribution >= 0.6 is 0 Å². The summed E-state index contributed by atoms with van der Waals surface area (Å²) in [7, 11) is 1.79. The van der Waals surface area contributed by atoms with Crippen LogP contribution in [0.4, 0.5) is 5.82 Å². The van der Waals surface area contributed by atoms with Crippen molar-refractivity contribution in [3.8, 4) is 12.3 Å². The zero-order chi connectivity index (χ0) is 22.1. The topological polar surface area (TPSA) is 48.8 Å². The summed E-state index contributed by atoms with van der Waals surface area (Å²) in [4.78, 5) is 9.77. The average molecular weight is 432 g/mol. The van der Waals surface area contributed by atoms with Crippen molar-refractivity contribution in [2.45, 2.75) is 49.9 Å². The van der Waals surface area contributed by atoms with E-state index in [0.29, 0.717) is 12.5 Å². The van der Waals surface area contributed by atoms with Gasteiger partial charge < -0.3 is 14.7 Å². The fraction of sp³-hybridized carbons (Fsp3) is 0.519. The maximum Gasteiger partial charge on any atom is 0.128 e. The molecular weight excluding hydrogens is 398 g/mol. The summed E-state index contributed by atoms with van der Waals surface area (Å²) in [6, 6.07) is 14.3. The predicted molar refractivity (Wildman–Crippen MR) is 127 cm³/mol. The Morgan fingerprint density at radius 1 is 1.06 bits per heavy atom. The van der Waals surface area contributed by atoms with E-state index in [2.05, 4.69) is 52.1 Å². The number of piperidine rings is 4. The summed E-state index contributed by atoms with van der Waals surface area (Å²) in [5, 5.41) is 12.2. The fourth-order valence-corrected chi connectivity index (χ4v) is 5.97. The molecule has 2 aromatic rings. The lowest BCUT2D eigenvalue weighted by Crippen LogP contribution is -2.63. The first-order valence-corrected chi connectivity index (χ1v) is 11.9. The van der Waals surface area contributed by atoms with Gasteiger partial charge in [0, 0.05) is 32.2 Å². The summed E-state index contributed by atoms with van der Waals surface area (Å²) >= 11 is 0. The van der Waals surface area contributed by atoms with Crippen LogP contribution in [-0.4, -0.2) is 60.4 Å². The maximum absolute atomic E-state index is 12.2. The Morgan fingerprint density at radius 3 is 2.44 bits per heavy atom.